The van der Waals surface area contributed by atoms with E-state index in [1.165, 1.54) is 18.4 Å². The summed E-state index contributed by atoms with van der Waals surface area (Å²) >= 11 is 0. The minimum Gasteiger partial charge on any atom is -0.472 e. The lowest BCUT2D eigenvalue weighted by Gasteiger charge is -2.14. The van der Waals surface area contributed by atoms with Gasteiger partial charge in [-0.3, -0.25) is 0 Å². The van der Waals surface area contributed by atoms with Gasteiger partial charge in [0.05, 0.1) is 12.4 Å². The smallest absolute Gasteiger partial charge is 0.188 e. The molecule has 0 heterocycles. The maximum absolute atomic E-state index is 5.54. The van der Waals surface area contributed by atoms with Crippen LogP contribution in [0.4, 0.5) is 0 Å². The number of benzene rings is 1. The molecule has 0 aliphatic heterocycles. The highest BCUT2D eigenvalue weighted by molar-refractivity contribution is 5.13. The van der Waals surface area contributed by atoms with Crippen LogP contribution in [0.2, 0.25) is 0 Å². The van der Waals surface area contributed by atoms with Crippen molar-refractivity contribution < 1.29 is 9.47 Å². The predicted molar refractivity (Wildman–Crippen MR) is 63.7 cm³/mol. The molecule has 2 heteroatoms. The largest absolute Gasteiger partial charge is 0.472 e. The van der Waals surface area contributed by atoms with E-state index in [0.717, 1.165) is 18.6 Å². The Bertz CT molecular complexity index is 330. The summed E-state index contributed by atoms with van der Waals surface area (Å²) in [6.45, 7) is 0.981. The highest BCUT2D eigenvalue weighted by Gasteiger charge is 2.03. The zero-order valence-corrected chi connectivity index (χ0v) is 9.52. The first kappa shape index (κ1) is 11.2. The van der Waals surface area contributed by atoms with E-state index in [4.69, 9.17) is 9.47 Å². The molecule has 16 heavy (non-hydrogen) atoms. The number of hydrogen-bond acceptors (Lipinski definition) is 2. The van der Waals surface area contributed by atoms with Crippen LogP contribution >= 0.6 is 0 Å². The molecule has 1 aromatic rings. The van der Waals surface area contributed by atoms with Gasteiger partial charge in [-0.05, 0) is 30.9 Å². The third-order valence-corrected chi connectivity index (χ3v) is 2.69. The number of allylic oxidation sites excluding steroid dienone is 2. The fourth-order valence-electron chi connectivity index (χ4n) is 1.79. The Balaban J connectivity index is 1.63. The van der Waals surface area contributed by atoms with Crippen molar-refractivity contribution in [2.75, 3.05) is 6.79 Å². The molecule has 2 rings (SSSR count). The van der Waals surface area contributed by atoms with Crippen LogP contribution in [-0.4, -0.2) is 6.79 Å². The summed E-state index contributed by atoms with van der Waals surface area (Å²) in [5.41, 5.74) is 1.18. The second-order valence-corrected chi connectivity index (χ2v) is 4.01. The summed E-state index contributed by atoms with van der Waals surface area (Å²) in [6, 6.07) is 10.2. The summed E-state index contributed by atoms with van der Waals surface area (Å²) in [7, 11) is 0. The van der Waals surface area contributed by atoms with Crippen molar-refractivity contribution in [3.63, 3.8) is 0 Å². The molecule has 1 aromatic carbocycles. The summed E-state index contributed by atoms with van der Waals surface area (Å²) in [6.07, 6.45) is 6.92. The van der Waals surface area contributed by atoms with Crippen LogP contribution in [0.15, 0.2) is 42.2 Å². The van der Waals surface area contributed by atoms with E-state index in [9.17, 15) is 0 Å². The van der Waals surface area contributed by atoms with Crippen LogP contribution in [0.25, 0.3) is 0 Å². The molecule has 86 valence electrons. The zero-order valence-electron chi connectivity index (χ0n) is 9.52. The predicted octanol–water partition coefficient (Wildman–Crippen LogP) is 3.64. The van der Waals surface area contributed by atoms with Crippen LogP contribution in [0.1, 0.15) is 31.2 Å². The molecule has 0 bridgehead atoms. The molecule has 0 atom stereocenters. The van der Waals surface area contributed by atoms with Gasteiger partial charge in [-0.2, -0.15) is 0 Å². The standard InChI is InChI=1S/C14H18O2/c1-3-7-13(8-4-1)11-15-12-16-14-9-5-2-6-10-14/h1,3-4,7-9H,2,5-6,10-12H2. The second-order valence-electron chi connectivity index (χ2n) is 4.01. The van der Waals surface area contributed by atoms with Crippen molar-refractivity contribution in [2.24, 2.45) is 0 Å². The SMILES string of the molecule is C1=C(OCOCc2ccccc2)CCCC1. The van der Waals surface area contributed by atoms with E-state index >= 15 is 0 Å². The van der Waals surface area contributed by atoms with E-state index in [2.05, 4.69) is 18.2 Å². The maximum atomic E-state index is 5.54. The van der Waals surface area contributed by atoms with Crippen molar-refractivity contribution in [1.29, 1.82) is 0 Å². The van der Waals surface area contributed by atoms with Gasteiger partial charge in [-0.25, -0.2) is 0 Å². The summed E-state index contributed by atoms with van der Waals surface area (Å²) in [4.78, 5) is 0. The van der Waals surface area contributed by atoms with Crippen LogP contribution in [-0.2, 0) is 16.1 Å². The Hall–Kier alpha value is -1.28. The fraction of sp³-hybridized carbons (Fsp3) is 0.429. The number of hydrogen-bond donors (Lipinski definition) is 0. The van der Waals surface area contributed by atoms with Gasteiger partial charge in [0.25, 0.3) is 0 Å². The average Bonchev–Trinajstić information content (AvgIpc) is 2.37. The Kier molecular flexibility index (Phi) is 4.44. The van der Waals surface area contributed by atoms with Crippen LogP contribution in [0.3, 0.4) is 0 Å². The number of ether oxygens (including phenoxy) is 2. The lowest BCUT2D eigenvalue weighted by Crippen LogP contribution is -2.02. The Morgan fingerprint density at radius 2 is 1.94 bits per heavy atom. The minimum absolute atomic E-state index is 0.362. The Morgan fingerprint density at radius 3 is 2.69 bits per heavy atom. The van der Waals surface area contributed by atoms with Crippen molar-refractivity contribution in [2.45, 2.75) is 32.3 Å². The highest BCUT2D eigenvalue weighted by atomic mass is 16.7. The van der Waals surface area contributed by atoms with Gasteiger partial charge < -0.3 is 9.47 Å². The van der Waals surface area contributed by atoms with Crippen molar-refractivity contribution in [3.8, 4) is 0 Å². The van der Waals surface area contributed by atoms with Crippen molar-refractivity contribution >= 4 is 0 Å². The molecule has 0 saturated heterocycles. The number of rotatable bonds is 5. The first-order chi connectivity index (χ1) is 7.95. The molecule has 0 aromatic heterocycles. The first-order valence-corrected chi connectivity index (χ1v) is 5.88. The summed E-state index contributed by atoms with van der Waals surface area (Å²) in [5, 5.41) is 0. The lowest BCUT2D eigenvalue weighted by atomic mass is 10.1. The molecular weight excluding hydrogens is 200 g/mol. The third-order valence-electron chi connectivity index (χ3n) is 2.69. The van der Waals surface area contributed by atoms with Crippen molar-refractivity contribution in [3.05, 3.63) is 47.7 Å². The van der Waals surface area contributed by atoms with Gasteiger partial charge in [0.2, 0.25) is 0 Å². The molecule has 1 aliphatic rings. The van der Waals surface area contributed by atoms with Gasteiger partial charge in [0.15, 0.2) is 6.79 Å². The molecule has 0 saturated carbocycles. The van der Waals surface area contributed by atoms with Gasteiger partial charge in [-0.15, -0.1) is 0 Å². The average molecular weight is 218 g/mol. The van der Waals surface area contributed by atoms with Gasteiger partial charge >= 0.3 is 0 Å². The van der Waals surface area contributed by atoms with E-state index in [0.29, 0.717) is 13.4 Å². The first-order valence-electron chi connectivity index (χ1n) is 5.88. The highest BCUT2D eigenvalue weighted by Crippen LogP contribution is 2.18. The lowest BCUT2D eigenvalue weighted by molar-refractivity contribution is -0.0356. The van der Waals surface area contributed by atoms with Gasteiger partial charge in [-0.1, -0.05) is 30.3 Å². The molecule has 0 fully saturated rings. The molecule has 2 nitrogen and oxygen atoms in total. The molecule has 0 radical (unpaired) electrons. The van der Waals surface area contributed by atoms with E-state index in [-0.39, 0.29) is 0 Å². The zero-order chi connectivity index (χ0) is 11.1. The molecule has 0 N–H and O–H groups in total. The van der Waals surface area contributed by atoms with E-state index in [1.54, 1.807) is 0 Å². The normalized spacial score (nSPS) is 15.6. The Morgan fingerprint density at radius 1 is 1.06 bits per heavy atom. The molecule has 0 spiro atoms. The summed E-state index contributed by atoms with van der Waals surface area (Å²) < 4.78 is 11.0. The fourth-order valence-corrected chi connectivity index (χ4v) is 1.79. The third kappa shape index (κ3) is 3.70. The maximum Gasteiger partial charge on any atom is 0.188 e. The van der Waals surface area contributed by atoms with Crippen LogP contribution < -0.4 is 0 Å². The van der Waals surface area contributed by atoms with E-state index < -0.39 is 0 Å². The topological polar surface area (TPSA) is 18.5 Å². The van der Waals surface area contributed by atoms with Crippen LogP contribution in [0, 0.1) is 0 Å². The molecule has 1 aliphatic carbocycles. The molecular formula is C14H18O2. The second kappa shape index (κ2) is 6.33. The quantitative estimate of drug-likeness (QED) is 0.555. The monoisotopic (exact) mass is 218 g/mol. The summed E-state index contributed by atoms with van der Waals surface area (Å²) in [5.74, 6) is 1.10. The van der Waals surface area contributed by atoms with Gasteiger partial charge in [0.1, 0.15) is 0 Å². The Labute approximate surface area is 96.9 Å². The molecule has 0 unspecified atom stereocenters. The minimum atomic E-state index is 0.362. The van der Waals surface area contributed by atoms with Gasteiger partial charge in [0, 0.05) is 6.42 Å². The van der Waals surface area contributed by atoms with Crippen molar-refractivity contribution in [1.82, 2.24) is 0 Å². The van der Waals surface area contributed by atoms with E-state index in [1.807, 2.05) is 18.2 Å². The van der Waals surface area contributed by atoms with Crippen LogP contribution in [0.5, 0.6) is 0 Å². The molecule has 0 amide bonds.